The second-order valence-corrected chi connectivity index (χ2v) is 9.05. The molecule has 0 bridgehead atoms. The number of nitrogens with one attached hydrogen (secondary N) is 3. The van der Waals surface area contributed by atoms with Crippen LogP contribution in [-0.2, 0) is 17.6 Å². The first-order valence-electron chi connectivity index (χ1n) is 10.5. The van der Waals surface area contributed by atoms with Gasteiger partial charge in [0.2, 0.25) is 5.95 Å². The number of thiazole rings is 1. The van der Waals surface area contributed by atoms with Gasteiger partial charge in [0.05, 0.1) is 28.8 Å². The van der Waals surface area contributed by atoms with Gasteiger partial charge in [0.1, 0.15) is 17.9 Å². The van der Waals surface area contributed by atoms with Gasteiger partial charge in [0, 0.05) is 37.9 Å². The van der Waals surface area contributed by atoms with E-state index in [1.165, 1.54) is 16.8 Å². The summed E-state index contributed by atoms with van der Waals surface area (Å²) in [5.41, 5.74) is 3.46. The second kappa shape index (κ2) is 9.24. The average Bonchev–Trinajstić information content (AvgIpc) is 3.07. The lowest BCUT2D eigenvalue weighted by Crippen LogP contribution is -2.31. The van der Waals surface area contributed by atoms with Gasteiger partial charge in [-0.3, -0.25) is 10.1 Å². The molecule has 33 heavy (non-hydrogen) atoms. The number of carbonyl (C=O) groups is 1. The zero-order valence-corrected chi connectivity index (χ0v) is 19.5. The summed E-state index contributed by atoms with van der Waals surface area (Å²) < 4.78 is 5.18. The smallest absolute Gasteiger partial charge is 0.253 e. The molecule has 0 atom stereocenters. The minimum atomic E-state index is -0.203. The van der Waals surface area contributed by atoms with E-state index in [2.05, 4.69) is 30.8 Å². The Morgan fingerprint density at radius 1 is 1.18 bits per heavy atom. The molecule has 2 aliphatic heterocycles. The molecule has 3 aromatic rings. The second-order valence-electron chi connectivity index (χ2n) is 7.56. The molecule has 0 fully saturated rings. The van der Waals surface area contributed by atoms with Crippen molar-refractivity contribution in [2.75, 3.05) is 37.4 Å². The maximum atomic E-state index is 12.2. The van der Waals surface area contributed by atoms with Crippen molar-refractivity contribution < 1.29 is 9.53 Å². The summed E-state index contributed by atoms with van der Waals surface area (Å²) in [5.74, 6) is 0.572. The van der Waals surface area contributed by atoms with Gasteiger partial charge in [-0.2, -0.15) is 4.98 Å². The number of amides is 1. The summed E-state index contributed by atoms with van der Waals surface area (Å²) in [5, 5.41) is 10.1. The van der Waals surface area contributed by atoms with Gasteiger partial charge >= 0.3 is 0 Å². The normalized spacial score (nSPS) is 14.8. The van der Waals surface area contributed by atoms with Crippen LogP contribution in [0.5, 0.6) is 0 Å². The molecule has 0 aliphatic carbocycles. The fourth-order valence-corrected chi connectivity index (χ4v) is 4.82. The van der Waals surface area contributed by atoms with E-state index < -0.39 is 0 Å². The van der Waals surface area contributed by atoms with E-state index in [0.717, 1.165) is 36.8 Å². The number of hydrogen-bond acceptors (Lipinski definition) is 9. The van der Waals surface area contributed by atoms with Crippen molar-refractivity contribution in [3.05, 3.63) is 63.6 Å². The third kappa shape index (κ3) is 4.57. The molecule has 1 amide bonds. The van der Waals surface area contributed by atoms with Crippen molar-refractivity contribution in [1.82, 2.24) is 25.2 Å². The largest absolute Gasteiger partial charge is 0.493 e. The van der Waals surface area contributed by atoms with Crippen molar-refractivity contribution >= 4 is 51.4 Å². The fraction of sp³-hybridized carbons (Fsp3) is 0.273. The number of carbonyl (C=O) groups excluding carboxylic acids is 1. The molecule has 11 heteroatoms. The number of para-hydroxylation sites is 1. The molecule has 0 saturated heterocycles. The van der Waals surface area contributed by atoms with Gasteiger partial charge in [-0.05, 0) is 12.1 Å². The Morgan fingerprint density at radius 2 is 2.00 bits per heavy atom. The SMILES string of the molecule is CNC(=O)c1ccccc1Nc1nc(Nc2nc3c(s2)CCN(C2=COC2)CC3)ncc1Cl. The first-order valence-corrected chi connectivity index (χ1v) is 11.7. The summed E-state index contributed by atoms with van der Waals surface area (Å²) >= 11 is 7.94. The maximum absolute atomic E-state index is 12.2. The van der Waals surface area contributed by atoms with E-state index in [1.54, 1.807) is 36.6 Å². The van der Waals surface area contributed by atoms with Crippen LogP contribution >= 0.6 is 22.9 Å². The van der Waals surface area contributed by atoms with Gasteiger partial charge in [-0.15, -0.1) is 11.3 Å². The van der Waals surface area contributed by atoms with E-state index in [4.69, 9.17) is 21.3 Å². The topological polar surface area (TPSA) is 104 Å². The summed E-state index contributed by atoms with van der Waals surface area (Å²) in [7, 11) is 1.59. The van der Waals surface area contributed by atoms with Crippen LogP contribution in [0.25, 0.3) is 0 Å². The molecule has 0 radical (unpaired) electrons. The van der Waals surface area contributed by atoms with Gasteiger partial charge in [0.25, 0.3) is 5.91 Å². The van der Waals surface area contributed by atoms with Gasteiger partial charge in [0.15, 0.2) is 10.9 Å². The molecule has 3 N–H and O–H groups in total. The minimum Gasteiger partial charge on any atom is -0.493 e. The summed E-state index contributed by atoms with van der Waals surface area (Å²) in [6.45, 7) is 2.59. The highest BCUT2D eigenvalue weighted by molar-refractivity contribution is 7.15. The lowest BCUT2D eigenvalue weighted by molar-refractivity contribution is 0.0964. The first kappa shape index (κ1) is 21.5. The Kier molecular flexibility index (Phi) is 6.01. The summed E-state index contributed by atoms with van der Waals surface area (Å²) in [6.07, 6.45) is 5.18. The molecular formula is C22H22ClN7O2S. The molecule has 0 saturated carbocycles. The molecule has 9 nitrogen and oxygen atoms in total. The summed E-state index contributed by atoms with van der Waals surface area (Å²) in [6, 6.07) is 7.16. The van der Waals surface area contributed by atoms with Crippen LogP contribution < -0.4 is 16.0 Å². The van der Waals surface area contributed by atoms with Crippen LogP contribution in [0.15, 0.2) is 42.4 Å². The molecule has 5 rings (SSSR count). The first-order chi connectivity index (χ1) is 16.1. The van der Waals surface area contributed by atoms with Crippen LogP contribution in [0, 0.1) is 0 Å². The van der Waals surface area contributed by atoms with Gasteiger partial charge in [-0.25, -0.2) is 9.97 Å². The van der Waals surface area contributed by atoms with Crippen molar-refractivity contribution in [2.45, 2.75) is 12.8 Å². The highest BCUT2D eigenvalue weighted by Crippen LogP contribution is 2.31. The third-order valence-corrected chi connectivity index (χ3v) is 6.83. The molecule has 170 valence electrons. The Bertz CT molecular complexity index is 1200. The number of aromatic nitrogens is 3. The van der Waals surface area contributed by atoms with E-state index in [-0.39, 0.29) is 5.91 Å². The number of benzene rings is 1. The number of rotatable bonds is 6. The van der Waals surface area contributed by atoms with Crippen LogP contribution in [0.4, 0.5) is 22.6 Å². The highest BCUT2D eigenvalue weighted by atomic mass is 35.5. The lowest BCUT2D eigenvalue weighted by atomic mass is 10.1. The molecule has 0 unspecified atom stereocenters. The van der Waals surface area contributed by atoms with Gasteiger partial charge in [-0.1, -0.05) is 23.7 Å². The van der Waals surface area contributed by atoms with Crippen LogP contribution in [0.1, 0.15) is 20.9 Å². The zero-order chi connectivity index (χ0) is 22.8. The standard InChI is InChI=1S/C22H22ClN7O2S/c1-24-20(31)14-4-2-3-5-16(14)26-19-15(23)10-25-21(28-19)29-22-27-17-6-8-30(13-11-32-12-13)9-7-18(17)33-22/h2-5,10-11H,6-9,12H2,1H3,(H,24,31)(H2,25,26,27,28,29). The number of anilines is 4. The van der Waals surface area contributed by atoms with Crippen molar-refractivity contribution in [2.24, 2.45) is 0 Å². The predicted molar refractivity (Wildman–Crippen MR) is 129 cm³/mol. The van der Waals surface area contributed by atoms with Crippen molar-refractivity contribution in [3.8, 4) is 0 Å². The Hall–Kier alpha value is -3.37. The molecule has 2 aromatic heterocycles. The Labute approximate surface area is 199 Å². The zero-order valence-electron chi connectivity index (χ0n) is 17.9. The quantitative estimate of drug-likeness (QED) is 0.487. The number of hydrogen-bond donors (Lipinski definition) is 3. The van der Waals surface area contributed by atoms with E-state index >= 15 is 0 Å². The Morgan fingerprint density at radius 3 is 2.79 bits per heavy atom. The Balaban J connectivity index is 1.31. The van der Waals surface area contributed by atoms with E-state index in [0.29, 0.717) is 34.6 Å². The number of halogens is 1. The number of fused-ring (bicyclic) bond motifs is 1. The van der Waals surface area contributed by atoms with Crippen LogP contribution in [0.3, 0.4) is 0 Å². The third-order valence-electron chi connectivity index (χ3n) is 5.48. The summed E-state index contributed by atoms with van der Waals surface area (Å²) in [4.78, 5) is 29.4. The molecule has 2 aliphatic rings. The number of nitrogens with zero attached hydrogens (tertiary/aromatic N) is 4. The number of ether oxygens (including phenoxy) is 1. The molecular weight excluding hydrogens is 462 g/mol. The van der Waals surface area contributed by atoms with Crippen molar-refractivity contribution in [1.29, 1.82) is 0 Å². The van der Waals surface area contributed by atoms with Crippen LogP contribution in [0.2, 0.25) is 5.02 Å². The van der Waals surface area contributed by atoms with Crippen LogP contribution in [-0.4, -0.2) is 52.5 Å². The van der Waals surface area contributed by atoms with Crippen molar-refractivity contribution in [3.63, 3.8) is 0 Å². The average molecular weight is 484 g/mol. The predicted octanol–water partition coefficient (Wildman–Crippen LogP) is 3.71. The monoisotopic (exact) mass is 483 g/mol. The van der Waals surface area contributed by atoms with E-state index in [1.807, 2.05) is 12.3 Å². The highest BCUT2D eigenvalue weighted by Gasteiger charge is 2.23. The molecule has 4 heterocycles. The van der Waals surface area contributed by atoms with E-state index in [9.17, 15) is 4.79 Å². The van der Waals surface area contributed by atoms with Gasteiger partial charge < -0.3 is 20.3 Å². The molecule has 1 aromatic carbocycles. The molecule has 0 spiro atoms. The minimum absolute atomic E-state index is 0.203. The maximum Gasteiger partial charge on any atom is 0.253 e. The lowest BCUT2D eigenvalue weighted by Gasteiger charge is -2.29. The fourth-order valence-electron chi connectivity index (χ4n) is 3.69.